The van der Waals surface area contributed by atoms with Gasteiger partial charge in [0.05, 0.1) is 4.88 Å². The van der Waals surface area contributed by atoms with Gasteiger partial charge in [0.2, 0.25) is 5.78 Å². The second-order valence-corrected chi connectivity index (χ2v) is 7.04. The molecule has 0 saturated heterocycles. The van der Waals surface area contributed by atoms with Crippen molar-refractivity contribution in [2.75, 3.05) is 0 Å². The van der Waals surface area contributed by atoms with E-state index in [1.165, 1.54) is 4.88 Å². The first-order valence-electron chi connectivity index (χ1n) is 5.57. The van der Waals surface area contributed by atoms with Crippen LogP contribution in [0, 0.1) is 6.92 Å². The van der Waals surface area contributed by atoms with E-state index < -0.39 is 0 Å². The van der Waals surface area contributed by atoms with Gasteiger partial charge in [-0.15, -0.1) is 11.3 Å². The van der Waals surface area contributed by atoms with Crippen molar-refractivity contribution < 1.29 is 4.79 Å². The van der Waals surface area contributed by atoms with Crippen LogP contribution in [0.15, 0.2) is 22.9 Å². The molecule has 0 radical (unpaired) electrons. The van der Waals surface area contributed by atoms with Crippen LogP contribution < -0.4 is 0 Å². The average Bonchev–Trinajstić information content (AvgIpc) is 2.83. The van der Waals surface area contributed by atoms with Gasteiger partial charge >= 0.3 is 0 Å². The molecule has 0 saturated carbocycles. The number of carbonyl (C=O) groups excluding carboxylic acids is 1. The van der Waals surface area contributed by atoms with Gasteiger partial charge < -0.3 is 0 Å². The van der Waals surface area contributed by atoms with Gasteiger partial charge in [-0.25, -0.2) is 0 Å². The molecular weight excluding hydrogens is 248 g/mol. The molecule has 2 heterocycles. The van der Waals surface area contributed by atoms with Crippen LogP contribution in [-0.4, -0.2) is 5.78 Å². The minimum atomic E-state index is 0.118. The second-order valence-electron chi connectivity index (χ2n) is 5.21. The molecule has 0 spiro atoms. The Morgan fingerprint density at radius 2 is 1.88 bits per heavy atom. The standard InChI is InChI=1S/C14H16OS2/c1-9-7-16-8-10(9)13(15)11-5-6-12(17-11)14(2,3)4/h5-8H,1-4H3. The van der Waals surface area contributed by atoms with Crippen molar-refractivity contribution in [1.82, 2.24) is 0 Å². The molecule has 1 nitrogen and oxygen atoms in total. The first kappa shape index (κ1) is 12.5. The molecule has 0 aliphatic carbocycles. The SMILES string of the molecule is Cc1cscc1C(=O)c1ccc(C(C)(C)C)s1. The van der Waals surface area contributed by atoms with Gasteiger partial charge in [-0.3, -0.25) is 4.79 Å². The van der Waals surface area contributed by atoms with Crippen LogP contribution in [-0.2, 0) is 5.41 Å². The van der Waals surface area contributed by atoms with Crippen molar-refractivity contribution in [1.29, 1.82) is 0 Å². The molecule has 90 valence electrons. The average molecular weight is 264 g/mol. The number of carbonyl (C=O) groups is 1. The van der Waals surface area contributed by atoms with E-state index in [0.717, 1.165) is 16.0 Å². The highest BCUT2D eigenvalue weighted by Gasteiger charge is 2.20. The highest BCUT2D eigenvalue weighted by Crippen LogP contribution is 2.31. The van der Waals surface area contributed by atoms with Gasteiger partial charge in [0.1, 0.15) is 0 Å². The van der Waals surface area contributed by atoms with Gasteiger partial charge in [-0.2, -0.15) is 11.3 Å². The van der Waals surface area contributed by atoms with E-state index in [1.807, 2.05) is 23.8 Å². The van der Waals surface area contributed by atoms with Gasteiger partial charge in [0.25, 0.3) is 0 Å². The minimum Gasteiger partial charge on any atom is -0.288 e. The number of thiophene rings is 2. The van der Waals surface area contributed by atoms with E-state index in [0.29, 0.717) is 0 Å². The highest BCUT2D eigenvalue weighted by molar-refractivity contribution is 7.14. The molecule has 0 bridgehead atoms. The Balaban J connectivity index is 2.33. The summed E-state index contributed by atoms with van der Waals surface area (Å²) in [5.41, 5.74) is 2.04. The summed E-state index contributed by atoms with van der Waals surface area (Å²) in [6, 6.07) is 4.02. The van der Waals surface area contributed by atoms with Gasteiger partial charge in [-0.1, -0.05) is 20.8 Å². The predicted molar refractivity (Wildman–Crippen MR) is 75.5 cm³/mol. The maximum absolute atomic E-state index is 12.3. The fraction of sp³-hybridized carbons (Fsp3) is 0.357. The lowest BCUT2D eigenvalue weighted by Gasteiger charge is -2.15. The molecule has 0 aliphatic rings. The summed E-state index contributed by atoms with van der Waals surface area (Å²) in [5, 5.41) is 3.96. The zero-order valence-electron chi connectivity index (χ0n) is 10.5. The quantitative estimate of drug-likeness (QED) is 0.722. The molecule has 2 rings (SSSR count). The van der Waals surface area contributed by atoms with E-state index in [2.05, 4.69) is 26.8 Å². The highest BCUT2D eigenvalue weighted by atomic mass is 32.1. The van der Waals surface area contributed by atoms with Crippen molar-refractivity contribution >= 4 is 28.5 Å². The summed E-state index contributed by atoms with van der Waals surface area (Å²) in [4.78, 5) is 14.4. The van der Waals surface area contributed by atoms with Crippen molar-refractivity contribution in [3.63, 3.8) is 0 Å². The molecule has 0 atom stereocenters. The van der Waals surface area contributed by atoms with E-state index in [4.69, 9.17) is 0 Å². The summed E-state index contributed by atoms with van der Waals surface area (Å²) in [6.45, 7) is 8.50. The molecule has 0 amide bonds. The van der Waals surface area contributed by atoms with Gasteiger partial charge in [0, 0.05) is 15.8 Å². The van der Waals surface area contributed by atoms with Crippen LogP contribution in [0.3, 0.4) is 0 Å². The van der Waals surface area contributed by atoms with E-state index in [1.54, 1.807) is 22.7 Å². The lowest BCUT2D eigenvalue weighted by molar-refractivity contribution is 0.104. The third-order valence-corrected chi connectivity index (χ3v) is 5.04. The Kier molecular flexibility index (Phi) is 3.23. The number of hydrogen-bond donors (Lipinski definition) is 0. The monoisotopic (exact) mass is 264 g/mol. The molecular formula is C14H16OS2. The zero-order chi connectivity index (χ0) is 12.6. The summed E-state index contributed by atoms with van der Waals surface area (Å²) >= 11 is 3.20. The van der Waals surface area contributed by atoms with Crippen LogP contribution in [0.1, 0.15) is 46.4 Å². The summed E-state index contributed by atoms with van der Waals surface area (Å²) in [7, 11) is 0. The Morgan fingerprint density at radius 1 is 1.18 bits per heavy atom. The third-order valence-electron chi connectivity index (χ3n) is 2.67. The molecule has 2 aromatic rings. The Bertz CT molecular complexity index is 541. The van der Waals surface area contributed by atoms with Gasteiger partial charge in [0.15, 0.2) is 0 Å². The van der Waals surface area contributed by atoms with Crippen molar-refractivity contribution in [2.45, 2.75) is 33.1 Å². The topological polar surface area (TPSA) is 17.1 Å². The molecule has 17 heavy (non-hydrogen) atoms. The summed E-state index contributed by atoms with van der Waals surface area (Å²) in [5.74, 6) is 0.157. The summed E-state index contributed by atoms with van der Waals surface area (Å²) in [6.07, 6.45) is 0. The first-order chi connectivity index (χ1) is 7.89. The molecule has 3 heteroatoms. The van der Waals surface area contributed by atoms with Crippen molar-refractivity contribution in [3.05, 3.63) is 43.8 Å². The number of ketones is 1. The van der Waals surface area contributed by atoms with E-state index in [-0.39, 0.29) is 11.2 Å². The van der Waals surface area contributed by atoms with Crippen LogP contribution >= 0.6 is 22.7 Å². The lowest BCUT2D eigenvalue weighted by atomic mass is 9.95. The number of rotatable bonds is 2. The minimum absolute atomic E-state index is 0.118. The molecule has 0 aromatic carbocycles. The Labute approximate surface area is 110 Å². The fourth-order valence-corrected chi connectivity index (χ4v) is 3.43. The molecule has 0 N–H and O–H groups in total. The van der Waals surface area contributed by atoms with Crippen LogP contribution in [0.2, 0.25) is 0 Å². The molecule has 0 unspecified atom stereocenters. The molecule has 0 fully saturated rings. The zero-order valence-corrected chi connectivity index (χ0v) is 12.2. The fourth-order valence-electron chi connectivity index (χ4n) is 1.59. The largest absolute Gasteiger partial charge is 0.288 e. The predicted octanol–water partition coefficient (Wildman–Crippen LogP) is 4.65. The van der Waals surface area contributed by atoms with E-state index >= 15 is 0 Å². The smallest absolute Gasteiger partial charge is 0.204 e. The van der Waals surface area contributed by atoms with Crippen LogP contribution in [0.4, 0.5) is 0 Å². The number of aryl methyl sites for hydroxylation is 1. The second kappa shape index (κ2) is 4.39. The third kappa shape index (κ3) is 2.50. The van der Waals surface area contributed by atoms with Gasteiger partial charge in [-0.05, 0) is 35.4 Å². The van der Waals surface area contributed by atoms with Crippen molar-refractivity contribution in [3.8, 4) is 0 Å². The summed E-state index contributed by atoms with van der Waals surface area (Å²) < 4.78 is 0. The Hall–Kier alpha value is -0.930. The normalized spacial score (nSPS) is 11.8. The van der Waals surface area contributed by atoms with Crippen LogP contribution in [0.25, 0.3) is 0 Å². The lowest BCUT2D eigenvalue weighted by Crippen LogP contribution is -2.08. The Morgan fingerprint density at radius 3 is 2.35 bits per heavy atom. The maximum Gasteiger partial charge on any atom is 0.204 e. The first-order valence-corrected chi connectivity index (χ1v) is 7.33. The van der Waals surface area contributed by atoms with Crippen LogP contribution in [0.5, 0.6) is 0 Å². The molecule has 2 aromatic heterocycles. The maximum atomic E-state index is 12.3. The molecule has 0 aliphatic heterocycles. The van der Waals surface area contributed by atoms with Crippen molar-refractivity contribution in [2.24, 2.45) is 0 Å². The number of hydrogen-bond acceptors (Lipinski definition) is 3. The van der Waals surface area contributed by atoms with E-state index in [9.17, 15) is 4.79 Å².